The van der Waals surface area contributed by atoms with E-state index in [-0.39, 0.29) is 6.61 Å². The van der Waals surface area contributed by atoms with E-state index in [1.807, 2.05) is 12.1 Å². The molecule has 0 bridgehead atoms. The van der Waals surface area contributed by atoms with Crippen molar-refractivity contribution in [2.75, 3.05) is 19.8 Å². The number of carbonyl (C=O) groups excluding carboxylic acids is 2. The molecule has 0 amide bonds. The van der Waals surface area contributed by atoms with Gasteiger partial charge in [0.2, 0.25) is 0 Å². The van der Waals surface area contributed by atoms with Gasteiger partial charge in [0.1, 0.15) is 0 Å². The molecule has 0 spiro atoms. The molecule has 0 aliphatic carbocycles. The maximum absolute atomic E-state index is 11.9. The summed E-state index contributed by atoms with van der Waals surface area (Å²) in [4.78, 5) is 24.2. The summed E-state index contributed by atoms with van der Waals surface area (Å²) in [5.74, 6) is -1.38. The summed E-state index contributed by atoms with van der Waals surface area (Å²) >= 11 is 1.57. The van der Waals surface area contributed by atoms with Crippen LogP contribution in [0, 0.1) is 0 Å². The summed E-state index contributed by atoms with van der Waals surface area (Å²) in [7, 11) is 0. The average molecular weight is 266 g/mol. The zero-order chi connectivity index (χ0) is 13.0. The largest absolute Gasteiger partial charge is 0.460 e. The van der Waals surface area contributed by atoms with E-state index in [4.69, 9.17) is 9.47 Å². The number of carbonyl (C=O) groups is 2. The zero-order valence-corrected chi connectivity index (χ0v) is 10.9. The topological polar surface area (TPSA) is 52.6 Å². The van der Waals surface area contributed by atoms with Gasteiger partial charge in [-0.3, -0.25) is 4.79 Å². The fourth-order valence-electron chi connectivity index (χ4n) is 1.53. The Labute approximate surface area is 110 Å². The van der Waals surface area contributed by atoms with E-state index in [0.29, 0.717) is 24.0 Å². The number of hydrogen-bond donors (Lipinski definition) is 0. The molecule has 1 aliphatic rings. The second-order valence-corrected chi connectivity index (χ2v) is 5.17. The smallest absolute Gasteiger partial charge is 0.379 e. The number of ketones is 1. The summed E-state index contributed by atoms with van der Waals surface area (Å²) in [6.07, 6.45) is 0. The standard InChI is InChI=1S/C13H14O4S/c1-2-17-13(15)12(14)10-5-3-4-6-11(10)18-9-7-16-8-9/h3-6,9H,2,7-8H2,1H3. The van der Waals surface area contributed by atoms with Crippen LogP contribution in [0.3, 0.4) is 0 Å². The Hall–Kier alpha value is -1.33. The lowest BCUT2D eigenvalue weighted by Gasteiger charge is -2.25. The minimum absolute atomic E-state index is 0.205. The molecule has 1 aromatic carbocycles. The Kier molecular flexibility index (Phi) is 4.38. The Morgan fingerprint density at radius 1 is 1.39 bits per heavy atom. The third-order valence-electron chi connectivity index (χ3n) is 2.49. The van der Waals surface area contributed by atoms with Gasteiger partial charge in [-0.2, -0.15) is 0 Å². The van der Waals surface area contributed by atoms with Crippen LogP contribution in [0.2, 0.25) is 0 Å². The number of hydrogen-bond acceptors (Lipinski definition) is 5. The molecule has 1 heterocycles. The minimum Gasteiger partial charge on any atom is -0.460 e. The van der Waals surface area contributed by atoms with Crippen molar-refractivity contribution in [3.05, 3.63) is 29.8 Å². The van der Waals surface area contributed by atoms with Gasteiger partial charge < -0.3 is 9.47 Å². The summed E-state index contributed by atoms with van der Waals surface area (Å²) in [5.41, 5.74) is 0.410. The summed E-state index contributed by atoms with van der Waals surface area (Å²) < 4.78 is 9.83. The molecule has 4 nitrogen and oxygen atoms in total. The van der Waals surface area contributed by atoms with Crippen molar-refractivity contribution < 1.29 is 19.1 Å². The van der Waals surface area contributed by atoms with Gasteiger partial charge in [-0.25, -0.2) is 4.79 Å². The van der Waals surface area contributed by atoms with Gasteiger partial charge in [-0.1, -0.05) is 12.1 Å². The monoisotopic (exact) mass is 266 g/mol. The fraction of sp³-hybridized carbons (Fsp3) is 0.385. The van der Waals surface area contributed by atoms with Crippen molar-refractivity contribution in [3.63, 3.8) is 0 Å². The van der Waals surface area contributed by atoms with Crippen LogP contribution in [-0.2, 0) is 14.3 Å². The van der Waals surface area contributed by atoms with Crippen molar-refractivity contribution in [2.45, 2.75) is 17.1 Å². The van der Waals surface area contributed by atoms with Crippen LogP contribution in [0.4, 0.5) is 0 Å². The average Bonchev–Trinajstić information content (AvgIpc) is 2.34. The predicted octanol–water partition coefficient (Wildman–Crippen LogP) is 1.92. The molecule has 0 aromatic heterocycles. The van der Waals surface area contributed by atoms with Crippen LogP contribution in [-0.4, -0.2) is 36.8 Å². The molecular formula is C13H14O4S. The van der Waals surface area contributed by atoms with E-state index in [2.05, 4.69) is 0 Å². The van der Waals surface area contributed by atoms with E-state index in [1.165, 1.54) is 0 Å². The number of rotatable bonds is 5. The molecule has 96 valence electrons. The highest BCUT2D eigenvalue weighted by Crippen LogP contribution is 2.30. The molecule has 0 saturated carbocycles. The first-order valence-corrected chi connectivity index (χ1v) is 6.65. The summed E-state index contributed by atoms with van der Waals surface area (Å²) in [5, 5.41) is 0.362. The molecule has 5 heteroatoms. The molecule has 2 rings (SSSR count). The fourth-order valence-corrected chi connectivity index (χ4v) is 2.66. The van der Waals surface area contributed by atoms with Gasteiger partial charge in [0.25, 0.3) is 5.78 Å². The summed E-state index contributed by atoms with van der Waals surface area (Å²) in [6.45, 7) is 3.26. The van der Waals surface area contributed by atoms with Gasteiger partial charge >= 0.3 is 5.97 Å². The van der Waals surface area contributed by atoms with Crippen LogP contribution >= 0.6 is 11.8 Å². The molecule has 0 radical (unpaired) electrons. The van der Waals surface area contributed by atoms with Crippen molar-refractivity contribution in [1.29, 1.82) is 0 Å². The van der Waals surface area contributed by atoms with E-state index in [1.54, 1.807) is 30.8 Å². The first-order valence-electron chi connectivity index (χ1n) is 5.77. The molecule has 1 saturated heterocycles. The zero-order valence-electron chi connectivity index (χ0n) is 10.0. The first-order chi connectivity index (χ1) is 8.72. The predicted molar refractivity (Wildman–Crippen MR) is 67.9 cm³/mol. The molecule has 0 N–H and O–H groups in total. The Balaban J connectivity index is 2.15. The van der Waals surface area contributed by atoms with Crippen LogP contribution in [0.25, 0.3) is 0 Å². The number of Topliss-reactive ketones (excluding diaryl/α,β-unsaturated/α-hetero) is 1. The molecule has 1 fully saturated rings. The highest BCUT2D eigenvalue weighted by Gasteiger charge is 2.25. The Morgan fingerprint density at radius 2 is 2.11 bits per heavy atom. The van der Waals surface area contributed by atoms with Crippen molar-refractivity contribution in [3.8, 4) is 0 Å². The third kappa shape index (κ3) is 2.91. The number of esters is 1. The van der Waals surface area contributed by atoms with Gasteiger partial charge in [0, 0.05) is 10.5 Å². The van der Waals surface area contributed by atoms with Gasteiger partial charge in [-0.05, 0) is 19.1 Å². The lowest BCUT2D eigenvalue weighted by atomic mass is 10.1. The maximum Gasteiger partial charge on any atom is 0.379 e. The lowest BCUT2D eigenvalue weighted by molar-refractivity contribution is -0.137. The summed E-state index contributed by atoms with van der Waals surface area (Å²) in [6, 6.07) is 7.09. The van der Waals surface area contributed by atoms with Crippen LogP contribution in [0.1, 0.15) is 17.3 Å². The second kappa shape index (κ2) is 6.02. The third-order valence-corrected chi connectivity index (χ3v) is 3.71. The lowest BCUT2D eigenvalue weighted by Crippen LogP contribution is -2.30. The molecule has 1 aromatic rings. The molecular weight excluding hydrogens is 252 g/mol. The Bertz CT molecular complexity index is 454. The van der Waals surface area contributed by atoms with Gasteiger partial charge in [0.05, 0.1) is 25.1 Å². The quantitative estimate of drug-likeness (QED) is 0.463. The van der Waals surface area contributed by atoms with Crippen LogP contribution in [0.15, 0.2) is 29.2 Å². The number of benzene rings is 1. The second-order valence-electron chi connectivity index (χ2n) is 3.82. The van der Waals surface area contributed by atoms with Crippen molar-refractivity contribution in [2.24, 2.45) is 0 Å². The van der Waals surface area contributed by atoms with Gasteiger partial charge in [-0.15, -0.1) is 11.8 Å². The Morgan fingerprint density at radius 3 is 2.72 bits per heavy atom. The number of thioether (sulfide) groups is 1. The van der Waals surface area contributed by atoms with Crippen molar-refractivity contribution >= 4 is 23.5 Å². The number of ether oxygens (including phenoxy) is 2. The normalized spacial score (nSPS) is 14.9. The maximum atomic E-state index is 11.9. The molecule has 0 atom stereocenters. The van der Waals surface area contributed by atoms with E-state index in [0.717, 1.165) is 4.90 Å². The van der Waals surface area contributed by atoms with E-state index < -0.39 is 11.8 Å². The van der Waals surface area contributed by atoms with Crippen LogP contribution in [0.5, 0.6) is 0 Å². The SMILES string of the molecule is CCOC(=O)C(=O)c1ccccc1SC1COC1. The van der Waals surface area contributed by atoms with Gasteiger partial charge in [0.15, 0.2) is 0 Å². The van der Waals surface area contributed by atoms with E-state index in [9.17, 15) is 9.59 Å². The molecule has 1 aliphatic heterocycles. The van der Waals surface area contributed by atoms with Crippen molar-refractivity contribution in [1.82, 2.24) is 0 Å². The molecule has 0 unspecified atom stereocenters. The van der Waals surface area contributed by atoms with Crippen LogP contribution < -0.4 is 0 Å². The molecule has 18 heavy (non-hydrogen) atoms. The van der Waals surface area contributed by atoms with E-state index >= 15 is 0 Å². The highest BCUT2D eigenvalue weighted by atomic mass is 32.2. The highest BCUT2D eigenvalue weighted by molar-refractivity contribution is 8.00. The minimum atomic E-state index is -0.796. The first kappa shape index (κ1) is 13.1.